The summed E-state index contributed by atoms with van der Waals surface area (Å²) in [7, 11) is 0. The van der Waals surface area contributed by atoms with Gasteiger partial charge in [0.2, 0.25) is 5.91 Å². The minimum Gasteiger partial charge on any atom is -0.466 e. The molecule has 6 nitrogen and oxygen atoms in total. The molecule has 2 saturated heterocycles. The highest BCUT2D eigenvalue weighted by Crippen LogP contribution is 2.44. The van der Waals surface area contributed by atoms with Crippen molar-refractivity contribution in [1.29, 1.82) is 0 Å². The van der Waals surface area contributed by atoms with Crippen LogP contribution in [0.2, 0.25) is 5.02 Å². The molecule has 2 N–H and O–H groups in total. The highest BCUT2D eigenvalue weighted by molar-refractivity contribution is 6.30. The van der Waals surface area contributed by atoms with Crippen molar-refractivity contribution in [1.82, 2.24) is 4.90 Å². The fourth-order valence-electron chi connectivity index (χ4n) is 4.63. The molecule has 2 aliphatic heterocycles. The van der Waals surface area contributed by atoms with Crippen LogP contribution < -0.4 is 5.73 Å². The van der Waals surface area contributed by atoms with Crippen molar-refractivity contribution in [2.24, 2.45) is 17.1 Å². The number of nitrogens with two attached hydrogens (primary N) is 1. The summed E-state index contributed by atoms with van der Waals surface area (Å²) >= 11 is 5.92. The fourth-order valence-corrected chi connectivity index (χ4v) is 4.75. The zero-order valence-electron chi connectivity index (χ0n) is 17.1. The Labute approximate surface area is 177 Å². The topological polar surface area (TPSA) is 81.9 Å². The molecule has 0 bridgehead atoms. The number of benzene rings is 1. The van der Waals surface area contributed by atoms with Crippen LogP contribution in [0, 0.1) is 11.3 Å². The number of halogens is 1. The Kier molecular flexibility index (Phi) is 7.55. The van der Waals surface area contributed by atoms with Gasteiger partial charge in [0.05, 0.1) is 18.1 Å². The number of carbonyl (C=O) groups is 2. The molecule has 0 unspecified atom stereocenters. The number of nitrogens with zero attached hydrogens (tertiary/aromatic N) is 1. The van der Waals surface area contributed by atoms with E-state index in [4.69, 9.17) is 26.8 Å². The molecule has 0 aliphatic carbocycles. The Morgan fingerprint density at radius 2 is 1.86 bits per heavy atom. The first-order valence-electron chi connectivity index (χ1n) is 10.5. The van der Waals surface area contributed by atoms with Crippen LogP contribution in [0.4, 0.5) is 0 Å². The van der Waals surface area contributed by atoms with Gasteiger partial charge in [0.25, 0.3) is 0 Å². The van der Waals surface area contributed by atoms with Crippen LogP contribution >= 0.6 is 11.6 Å². The monoisotopic (exact) mass is 422 g/mol. The van der Waals surface area contributed by atoms with Gasteiger partial charge in [-0.25, -0.2) is 0 Å². The number of rotatable bonds is 6. The van der Waals surface area contributed by atoms with E-state index >= 15 is 0 Å². The standard InChI is InChI=1S/C22H31ClN2O4/c1-2-29-21(27)22(17-7-13-28-14-8-17)9-11-25(12-10-22)20(26)19(24)15-16-3-5-18(23)6-4-16/h3-6,17,19H,2,7-15,24H2,1H3/t19-/m0/s1. The molecule has 1 atom stereocenters. The molecule has 3 rings (SSSR count). The van der Waals surface area contributed by atoms with Crippen molar-refractivity contribution in [3.05, 3.63) is 34.9 Å². The average molecular weight is 423 g/mol. The Balaban J connectivity index is 1.63. The average Bonchev–Trinajstić information content (AvgIpc) is 2.75. The molecule has 1 aromatic rings. The first kappa shape index (κ1) is 22.1. The highest BCUT2D eigenvalue weighted by atomic mass is 35.5. The molecule has 7 heteroatoms. The van der Waals surface area contributed by atoms with Gasteiger partial charge in [-0.3, -0.25) is 9.59 Å². The molecule has 0 saturated carbocycles. The van der Waals surface area contributed by atoms with Crippen molar-refractivity contribution < 1.29 is 19.1 Å². The smallest absolute Gasteiger partial charge is 0.312 e. The van der Waals surface area contributed by atoms with Crippen LogP contribution in [0.15, 0.2) is 24.3 Å². The molecule has 2 fully saturated rings. The summed E-state index contributed by atoms with van der Waals surface area (Å²) in [6.45, 7) is 4.63. The van der Waals surface area contributed by atoms with E-state index in [1.807, 2.05) is 19.1 Å². The number of carbonyl (C=O) groups excluding carboxylic acids is 2. The van der Waals surface area contributed by atoms with Crippen molar-refractivity contribution in [3.63, 3.8) is 0 Å². The summed E-state index contributed by atoms with van der Waals surface area (Å²) < 4.78 is 10.9. The van der Waals surface area contributed by atoms with Gasteiger partial charge >= 0.3 is 5.97 Å². The van der Waals surface area contributed by atoms with Crippen molar-refractivity contribution in [3.8, 4) is 0 Å². The van der Waals surface area contributed by atoms with E-state index < -0.39 is 11.5 Å². The summed E-state index contributed by atoms with van der Waals surface area (Å²) in [5.41, 5.74) is 6.67. The number of ether oxygens (including phenoxy) is 2. The summed E-state index contributed by atoms with van der Waals surface area (Å²) in [5.74, 6) is 0.0594. The fraction of sp³-hybridized carbons (Fsp3) is 0.636. The van der Waals surface area contributed by atoms with Crippen LogP contribution in [0.1, 0.15) is 38.2 Å². The van der Waals surface area contributed by atoms with Crippen LogP contribution in [-0.2, 0) is 25.5 Å². The second kappa shape index (κ2) is 9.92. The van der Waals surface area contributed by atoms with Gasteiger partial charge in [0.15, 0.2) is 0 Å². The summed E-state index contributed by atoms with van der Waals surface area (Å²) in [4.78, 5) is 27.6. The van der Waals surface area contributed by atoms with E-state index in [-0.39, 0.29) is 17.8 Å². The number of esters is 1. The minimum absolute atomic E-state index is 0.0654. The Morgan fingerprint density at radius 1 is 1.24 bits per heavy atom. The lowest BCUT2D eigenvalue weighted by Crippen LogP contribution is -2.54. The molecule has 0 radical (unpaired) electrons. The lowest BCUT2D eigenvalue weighted by atomic mass is 9.65. The largest absolute Gasteiger partial charge is 0.466 e. The van der Waals surface area contributed by atoms with E-state index in [0.717, 1.165) is 18.4 Å². The third-order valence-electron chi connectivity index (χ3n) is 6.34. The van der Waals surface area contributed by atoms with Crippen LogP contribution in [-0.4, -0.2) is 55.7 Å². The van der Waals surface area contributed by atoms with Crippen molar-refractivity contribution in [2.75, 3.05) is 32.9 Å². The molecule has 0 aromatic heterocycles. The number of likely N-dealkylation sites (tertiary alicyclic amines) is 1. The molecular formula is C22H31ClN2O4. The zero-order chi connectivity index (χ0) is 20.9. The maximum absolute atomic E-state index is 12.9. The minimum atomic E-state index is -0.602. The molecule has 29 heavy (non-hydrogen) atoms. The molecule has 2 heterocycles. The molecular weight excluding hydrogens is 392 g/mol. The highest BCUT2D eigenvalue weighted by Gasteiger charge is 2.49. The van der Waals surface area contributed by atoms with Crippen molar-refractivity contribution in [2.45, 2.75) is 45.1 Å². The summed E-state index contributed by atoms with van der Waals surface area (Å²) in [6.07, 6.45) is 3.44. The zero-order valence-corrected chi connectivity index (χ0v) is 17.8. The second-order valence-electron chi connectivity index (χ2n) is 8.03. The molecule has 2 aliphatic rings. The predicted octanol–water partition coefficient (Wildman–Crippen LogP) is 2.81. The third kappa shape index (κ3) is 5.11. The third-order valence-corrected chi connectivity index (χ3v) is 6.59. The van der Waals surface area contributed by atoms with Crippen molar-refractivity contribution >= 4 is 23.5 Å². The second-order valence-corrected chi connectivity index (χ2v) is 8.46. The lowest BCUT2D eigenvalue weighted by Gasteiger charge is -2.46. The number of hydrogen-bond acceptors (Lipinski definition) is 5. The lowest BCUT2D eigenvalue weighted by molar-refractivity contribution is -0.168. The summed E-state index contributed by atoms with van der Waals surface area (Å²) in [6, 6.07) is 6.78. The van der Waals surface area contributed by atoms with Gasteiger partial charge in [-0.1, -0.05) is 23.7 Å². The van der Waals surface area contributed by atoms with Gasteiger partial charge in [0.1, 0.15) is 0 Å². The first-order chi connectivity index (χ1) is 14.0. The predicted molar refractivity (Wildman–Crippen MR) is 112 cm³/mol. The maximum atomic E-state index is 12.9. The van der Waals surface area contributed by atoms with Gasteiger partial charge < -0.3 is 20.1 Å². The van der Waals surface area contributed by atoms with E-state index in [9.17, 15) is 9.59 Å². The van der Waals surface area contributed by atoms with Gasteiger partial charge in [-0.15, -0.1) is 0 Å². The van der Waals surface area contributed by atoms with Gasteiger partial charge in [0, 0.05) is 31.3 Å². The van der Waals surface area contributed by atoms with Gasteiger partial charge in [-0.2, -0.15) is 0 Å². The first-order valence-corrected chi connectivity index (χ1v) is 10.9. The maximum Gasteiger partial charge on any atom is 0.312 e. The van der Waals surface area contributed by atoms with Crippen LogP contribution in [0.25, 0.3) is 0 Å². The van der Waals surface area contributed by atoms with E-state index in [0.29, 0.717) is 57.2 Å². The summed E-state index contributed by atoms with van der Waals surface area (Å²) in [5, 5.41) is 0.660. The quantitative estimate of drug-likeness (QED) is 0.713. The number of amides is 1. The molecule has 1 aromatic carbocycles. The number of piperidine rings is 1. The molecule has 1 amide bonds. The molecule has 0 spiro atoms. The van der Waals surface area contributed by atoms with E-state index in [1.54, 1.807) is 17.0 Å². The normalized spacial score (nSPS) is 20.9. The Bertz CT molecular complexity index is 695. The Hall–Kier alpha value is -1.63. The van der Waals surface area contributed by atoms with Crippen LogP contribution in [0.5, 0.6) is 0 Å². The van der Waals surface area contributed by atoms with E-state index in [1.165, 1.54) is 0 Å². The van der Waals surface area contributed by atoms with Gasteiger partial charge in [-0.05, 0) is 62.6 Å². The van der Waals surface area contributed by atoms with E-state index in [2.05, 4.69) is 0 Å². The molecule has 160 valence electrons. The van der Waals surface area contributed by atoms with Crippen LogP contribution in [0.3, 0.4) is 0 Å². The SMILES string of the molecule is CCOC(=O)C1(C2CCOCC2)CCN(C(=O)[C@@H](N)Cc2ccc(Cl)cc2)CC1. The Morgan fingerprint density at radius 3 is 2.45 bits per heavy atom. The number of hydrogen-bond donors (Lipinski definition) is 1.